The van der Waals surface area contributed by atoms with Crippen molar-refractivity contribution in [1.82, 2.24) is 10.2 Å². The predicted molar refractivity (Wildman–Crippen MR) is 75.9 cm³/mol. The van der Waals surface area contributed by atoms with Gasteiger partial charge in [0.15, 0.2) is 0 Å². The highest BCUT2D eigenvalue weighted by atomic mass is 32.2. The minimum absolute atomic E-state index is 0.0164. The van der Waals surface area contributed by atoms with Crippen molar-refractivity contribution in [2.24, 2.45) is 0 Å². The molecule has 98 valence electrons. The fraction of sp³-hybridized carbons (Fsp3) is 0.462. The number of anilines is 1. The molecule has 0 aliphatic carbocycles. The third-order valence-electron chi connectivity index (χ3n) is 3.04. The van der Waals surface area contributed by atoms with Crippen molar-refractivity contribution in [3.05, 3.63) is 23.8 Å². The first-order valence-electron chi connectivity index (χ1n) is 5.98. The summed E-state index contributed by atoms with van der Waals surface area (Å²) in [7, 11) is 5.98. The molecule has 0 spiro atoms. The first-order chi connectivity index (χ1) is 8.52. The third kappa shape index (κ3) is 2.53. The van der Waals surface area contributed by atoms with Gasteiger partial charge in [-0.2, -0.15) is 0 Å². The van der Waals surface area contributed by atoms with Crippen molar-refractivity contribution in [3.63, 3.8) is 0 Å². The third-order valence-corrected chi connectivity index (χ3v) is 4.22. The van der Waals surface area contributed by atoms with Gasteiger partial charge < -0.3 is 10.6 Å². The minimum Gasteiger partial charge on any atom is -0.324 e. The van der Waals surface area contributed by atoms with Crippen LogP contribution in [-0.4, -0.2) is 37.2 Å². The smallest absolute Gasteiger partial charge is 0.237 e. The van der Waals surface area contributed by atoms with E-state index in [-0.39, 0.29) is 17.3 Å². The fourth-order valence-corrected chi connectivity index (χ4v) is 3.05. The van der Waals surface area contributed by atoms with E-state index in [1.807, 2.05) is 34.1 Å². The van der Waals surface area contributed by atoms with Gasteiger partial charge in [0.25, 0.3) is 0 Å². The SMILES string of the molecule is CNC(c1ccc2c(c1)NC(=O)C(C)S2)N(C)C. The normalized spacial score (nSPS) is 20.5. The lowest BCUT2D eigenvalue weighted by atomic mass is 10.1. The first kappa shape index (κ1) is 13.4. The van der Waals surface area contributed by atoms with Gasteiger partial charge in [-0.3, -0.25) is 9.69 Å². The molecule has 2 unspecified atom stereocenters. The largest absolute Gasteiger partial charge is 0.324 e. The van der Waals surface area contributed by atoms with Crippen LogP contribution in [0.1, 0.15) is 18.7 Å². The minimum atomic E-state index is -0.0164. The van der Waals surface area contributed by atoms with Gasteiger partial charge in [-0.25, -0.2) is 0 Å². The van der Waals surface area contributed by atoms with Crippen LogP contribution in [-0.2, 0) is 4.79 Å². The second kappa shape index (κ2) is 5.30. The number of benzene rings is 1. The average molecular weight is 265 g/mol. The Hall–Kier alpha value is -1.04. The highest BCUT2D eigenvalue weighted by Crippen LogP contribution is 2.36. The Labute approximate surface area is 112 Å². The van der Waals surface area contributed by atoms with Crippen LogP contribution in [0.15, 0.2) is 23.1 Å². The molecule has 0 saturated heterocycles. The van der Waals surface area contributed by atoms with E-state index in [0.717, 1.165) is 16.1 Å². The van der Waals surface area contributed by atoms with Gasteiger partial charge in [0, 0.05) is 4.90 Å². The Morgan fingerprint density at radius 3 is 2.78 bits per heavy atom. The number of rotatable bonds is 3. The van der Waals surface area contributed by atoms with Crippen LogP contribution >= 0.6 is 11.8 Å². The van der Waals surface area contributed by atoms with Crippen molar-refractivity contribution in [1.29, 1.82) is 0 Å². The summed E-state index contributed by atoms with van der Waals surface area (Å²) < 4.78 is 0. The number of nitrogens with one attached hydrogen (secondary N) is 2. The topological polar surface area (TPSA) is 44.4 Å². The molecule has 0 radical (unpaired) electrons. The molecule has 1 amide bonds. The molecule has 1 heterocycles. The van der Waals surface area contributed by atoms with Gasteiger partial charge in [0.2, 0.25) is 5.91 Å². The molecule has 4 nitrogen and oxygen atoms in total. The van der Waals surface area contributed by atoms with E-state index < -0.39 is 0 Å². The number of thioether (sulfide) groups is 1. The lowest BCUT2D eigenvalue weighted by Gasteiger charge is -2.27. The lowest BCUT2D eigenvalue weighted by Crippen LogP contribution is -2.31. The van der Waals surface area contributed by atoms with Crippen LogP contribution in [0.2, 0.25) is 0 Å². The summed E-state index contributed by atoms with van der Waals surface area (Å²) in [5, 5.41) is 6.20. The van der Waals surface area contributed by atoms with E-state index in [9.17, 15) is 4.79 Å². The van der Waals surface area contributed by atoms with Crippen molar-refractivity contribution in [2.45, 2.75) is 23.2 Å². The number of amides is 1. The van der Waals surface area contributed by atoms with Gasteiger partial charge in [0.1, 0.15) is 0 Å². The number of hydrogen-bond acceptors (Lipinski definition) is 4. The number of fused-ring (bicyclic) bond motifs is 1. The van der Waals surface area contributed by atoms with Gasteiger partial charge in [-0.1, -0.05) is 6.07 Å². The van der Waals surface area contributed by atoms with E-state index in [1.54, 1.807) is 11.8 Å². The molecule has 18 heavy (non-hydrogen) atoms. The molecule has 1 aliphatic heterocycles. The summed E-state index contributed by atoms with van der Waals surface area (Å²) >= 11 is 1.61. The predicted octanol–water partition coefficient (Wildman–Crippen LogP) is 1.90. The van der Waals surface area contributed by atoms with Crippen molar-refractivity contribution >= 4 is 23.4 Å². The zero-order chi connectivity index (χ0) is 13.3. The monoisotopic (exact) mass is 265 g/mol. The molecule has 1 aromatic rings. The van der Waals surface area contributed by atoms with Crippen LogP contribution in [0.3, 0.4) is 0 Å². The number of carbonyl (C=O) groups excluding carboxylic acids is 1. The van der Waals surface area contributed by atoms with Gasteiger partial charge in [0.05, 0.1) is 17.1 Å². The number of hydrogen-bond donors (Lipinski definition) is 2. The molecular weight excluding hydrogens is 246 g/mol. The Morgan fingerprint density at radius 2 is 2.17 bits per heavy atom. The highest BCUT2D eigenvalue weighted by molar-refractivity contribution is 8.00. The second-order valence-corrected chi connectivity index (χ2v) is 6.04. The van der Waals surface area contributed by atoms with E-state index in [4.69, 9.17) is 0 Å². The molecule has 2 N–H and O–H groups in total. The zero-order valence-corrected chi connectivity index (χ0v) is 12.0. The van der Waals surface area contributed by atoms with Crippen LogP contribution in [0.5, 0.6) is 0 Å². The molecule has 0 fully saturated rings. The summed E-state index contributed by atoms with van der Waals surface area (Å²) in [6.45, 7) is 1.92. The maximum Gasteiger partial charge on any atom is 0.237 e. The Morgan fingerprint density at radius 1 is 1.44 bits per heavy atom. The molecule has 5 heteroatoms. The van der Waals surface area contributed by atoms with Crippen LogP contribution < -0.4 is 10.6 Å². The molecule has 0 bridgehead atoms. The molecular formula is C13H19N3OS. The summed E-state index contributed by atoms with van der Waals surface area (Å²) in [5.74, 6) is 0.0792. The number of carbonyl (C=O) groups is 1. The summed E-state index contributed by atoms with van der Waals surface area (Å²) in [5.41, 5.74) is 2.07. The zero-order valence-electron chi connectivity index (χ0n) is 11.2. The number of nitrogens with zero attached hydrogens (tertiary/aromatic N) is 1. The molecule has 1 aliphatic rings. The van der Waals surface area contributed by atoms with Crippen LogP contribution in [0.4, 0.5) is 5.69 Å². The first-order valence-corrected chi connectivity index (χ1v) is 6.86. The Balaban J connectivity index is 2.32. The molecule has 2 atom stereocenters. The summed E-state index contributed by atoms with van der Waals surface area (Å²) in [6.07, 6.45) is 0.150. The van der Waals surface area contributed by atoms with Gasteiger partial charge in [-0.15, -0.1) is 11.8 Å². The van der Waals surface area contributed by atoms with Crippen molar-refractivity contribution in [2.75, 3.05) is 26.5 Å². The summed E-state index contributed by atoms with van der Waals surface area (Å²) in [4.78, 5) is 14.9. The lowest BCUT2D eigenvalue weighted by molar-refractivity contribution is -0.115. The molecule has 0 saturated carbocycles. The Kier molecular flexibility index (Phi) is 3.94. The fourth-order valence-electron chi connectivity index (χ4n) is 2.12. The molecule has 2 rings (SSSR count). The van der Waals surface area contributed by atoms with E-state index in [0.29, 0.717) is 0 Å². The standard InChI is InChI=1S/C13H19N3OS/c1-8-13(17)15-10-7-9(5-6-11(10)18-8)12(14-2)16(3)4/h5-8,12,14H,1-4H3,(H,15,17). The van der Waals surface area contributed by atoms with Gasteiger partial charge >= 0.3 is 0 Å². The van der Waals surface area contributed by atoms with Crippen molar-refractivity contribution < 1.29 is 4.79 Å². The molecule has 1 aromatic carbocycles. The quantitative estimate of drug-likeness (QED) is 0.819. The van der Waals surface area contributed by atoms with E-state index in [2.05, 4.69) is 27.7 Å². The Bertz CT molecular complexity index is 462. The maximum atomic E-state index is 11.7. The van der Waals surface area contributed by atoms with E-state index >= 15 is 0 Å². The maximum absolute atomic E-state index is 11.7. The van der Waals surface area contributed by atoms with Gasteiger partial charge in [-0.05, 0) is 45.8 Å². The second-order valence-electron chi connectivity index (χ2n) is 4.66. The van der Waals surface area contributed by atoms with Crippen LogP contribution in [0.25, 0.3) is 0 Å². The van der Waals surface area contributed by atoms with Crippen LogP contribution in [0, 0.1) is 0 Å². The average Bonchev–Trinajstić information content (AvgIpc) is 2.31. The van der Waals surface area contributed by atoms with Crippen molar-refractivity contribution in [3.8, 4) is 0 Å². The highest BCUT2D eigenvalue weighted by Gasteiger charge is 2.24. The van der Waals surface area contributed by atoms with E-state index in [1.165, 1.54) is 0 Å². The summed E-state index contributed by atoms with van der Waals surface area (Å²) in [6, 6.07) is 6.24. The molecule has 0 aromatic heterocycles.